The minimum Gasteiger partial charge on any atom is -0.386 e. The summed E-state index contributed by atoms with van der Waals surface area (Å²) in [5.74, 6) is 0. The van der Waals surface area contributed by atoms with Crippen molar-refractivity contribution in [3.05, 3.63) is 12.2 Å². The molecule has 144 valence electrons. The van der Waals surface area contributed by atoms with Gasteiger partial charge >= 0.3 is 23.5 Å². The zero-order valence-electron chi connectivity index (χ0n) is 12.5. The zero-order chi connectivity index (χ0) is 19.2. The Morgan fingerprint density at radius 2 is 1.67 bits per heavy atom. The third-order valence-corrected chi connectivity index (χ3v) is 6.22. The van der Waals surface area contributed by atoms with Gasteiger partial charge in [-0.25, -0.2) is 18.1 Å². The highest BCUT2D eigenvalue weighted by molar-refractivity contribution is 7.66. The summed E-state index contributed by atoms with van der Waals surface area (Å²) in [6.45, 7) is -1.01. The molecule has 0 aromatic heterocycles. The number of aliphatic hydroxyl groups excluding tert-OH is 1. The molecule has 0 heterocycles. The van der Waals surface area contributed by atoms with Gasteiger partial charge in [0.25, 0.3) is 0 Å². The number of phosphoric ester groups is 1. The van der Waals surface area contributed by atoms with E-state index in [4.69, 9.17) is 19.4 Å². The van der Waals surface area contributed by atoms with Gasteiger partial charge in [-0.3, -0.25) is 4.52 Å². The number of halogens is 1. The Morgan fingerprint density at radius 3 is 2.04 bits per heavy atom. The van der Waals surface area contributed by atoms with E-state index in [-0.39, 0.29) is 0 Å². The molecule has 0 saturated heterocycles. The van der Waals surface area contributed by atoms with Crippen molar-refractivity contribution in [2.45, 2.75) is 18.6 Å². The molecule has 0 bridgehead atoms. The number of rotatable bonds is 11. The fourth-order valence-electron chi connectivity index (χ4n) is 1.29. The maximum absolute atomic E-state index is 13.2. The Kier molecular flexibility index (Phi) is 9.09. The lowest BCUT2D eigenvalue weighted by Gasteiger charge is -2.32. The van der Waals surface area contributed by atoms with Crippen LogP contribution in [0, 0.1) is 0 Å². The van der Waals surface area contributed by atoms with Crippen LogP contribution >= 0.6 is 23.5 Å². The number of alkyl halides is 1. The predicted octanol–water partition coefficient (Wildman–Crippen LogP) is 0.621. The SMILES string of the molecule is C/C=C/[C@H](O)[C@@](CF)(COP(=O)(O)OP(=O)(O)OP(=O)(O)O)OC. The first-order valence-electron chi connectivity index (χ1n) is 5.93. The molecule has 0 spiro atoms. The Labute approximate surface area is 136 Å². The number of hydrogen-bond donors (Lipinski definition) is 5. The highest BCUT2D eigenvalue weighted by atomic mass is 31.3. The summed E-state index contributed by atoms with van der Waals surface area (Å²) in [7, 11) is -15.7. The average Bonchev–Trinajstić information content (AvgIpc) is 2.36. The van der Waals surface area contributed by atoms with Gasteiger partial charge in [-0.05, 0) is 6.92 Å². The Morgan fingerprint density at radius 1 is 1.12 bits per heavy atom. The van der Waals surface area contributed by atoms with Gasteiger partial charge in [0.2, 0.25) is 0 Å². The summed E-state index contributed by atoms with van der Waals surface area (Å²) in [4.78, 5) is 35.0. The molecule has 0 amide bonds. The van der Waals surface area contributed by atoms with Crippen molar-refractivity contribution in [1.82, 2.24) is 0 Å². The molecule has 0 aliphatic rings. The van der Waals surface area contributed by atoms with E-state index < -0.39 is 48.5 Å². The van der Waals surface area contributed by atoms with Crippen LogP contribution in [0.1, 0.15) is 6.92 Å². The molecule has 0 fully saturated rings. The van der Waals surface area contributed by atoms with Crippen LogP contribution in [0.2, 0.25) is 0 Å². The average molecular weight is 418 g/mol. The second kappa shape index (κ2) is 9.09. The fraction of sp³-hybridized carbons (Fsp3) is 0.750. The van der Waals surface area contributed by atoms with E-state index in [2.05, 4.69) is 13.1 Å². The summed E-state index contributed by atoms with van der Waals surface area (Å²) in [6.07, 6.45) is 0.798. The Hall–Kier alpha value is -0.0000000000000000694. The van der Waals surface area contributed by atoms with Crippen LogP contribution < -0.4 is 0 Å². The molecule has 0 aromatic carbocycles. The lowest BCUT2D eigenvalue weighted by molar-refractivity contribution is -0.121. The summed E-state index contributed by atoms with van der Waals surface area (Å²) in [5, 5.41) is 9.77. The van der Waals surface area contributed by atoms with E-state index >= 15 is 0 Å². The van der Waals surface area contributed by atoms with Crippen LogP contribution in [0.5, 0.6) is 0 Å². The van der Waals surface area contributed by atoms with Gasteiger partial charge < -0.3 is 29.4 Å². The van der Waals surface area contributed by atoms with Crippen molar-refractivity contribution in [2.24, 2.45) is 0 Å². The van der Waals surface area contributed by atoms with Crippen LogP contribution in [0.25, 0.3) is 0 Å². The van der Waals surface area contributed by atoms with Crippen LogP contribution in [0.3, 0.4) is 0 Å². The molecule has 12 nitrogen and oxygen atoms in total. The quantitative estimate of drug-likeness (QED) is 0.233. The van der Waals surface area contributed by atoms with Crippen molar-refractivity contribution in [2.75, 3.05) is 20.4 Å². The number of allylic oxidation sites excluding steroid dienone is 1. The number of hydrogen-bond acceptors (Lipinski definition) is 8. The van der Waals surface area contributed by atoms with Crippen molar-refractivity contribution >= 4 is 23.5 Å². The second-order valence-electron chi connectivity index (χ2n) is 4.24. The zero-order valence-corrected chi connectivity index (χ0v) is 15.1. The van der Waals surface area contributed by atoms with E-state index in [1.807, 2.05) is 0 Å². The Balaban J connectivity index is 5.12. The molecule has 0 radical (unpaired) electrons. The first-order chi connectivity index (χ1) is 10.7. The van der Waals surface area contributed by atoms with Gasteiger partial charge in [-0.2, -0.15) is 8.62 Å². The molecule has 4 atom stereocenters. The van der Waals surface area contributed by atoms with Crippen molar-refractivity contribution in [3.8, 4) is 0 Å². The molecule has 0 aliphatic carbocycles. The van der Waals surface area contributed by atoms with Crippen LogP contribution in [0.4, 0.5) is 4.39 Å². The monoisotopic (exact) mass is 418 g/mol. The van der Waals surface area contributed by atoms with E-state index in [1.54, 1.807) is 0 Å². The van der Waals surface area contributed by atoms with Crippen molar-refractivity contribution < 1.29 is 60.6 Å². The van der Waals surface area contributed by atoms with E-state index in [0.717, 1.165) is 13.2 Å². The molecule has 0 rings (SSSR count). The highest BCUT2D eigenvalue weighted by Crippen LogP contribution is 2.66. The summed E-state index contributed by atoms with van der Waals surface area (Å²) < 4.78 is 62.3. The van der Waals surface area contributed by atoms with Gasteiger partial charge in [0, 0.05) is 7.11 Å². The second-order valence-corrected chi connectivity index (χ2v) is 8.66. The minimum absolute atomic E-state index is 0.965. The number of aliphatic hydroxyl groups is 1. The normalized spacial score (nSPS) is 21.8. The molecule has 5 N–H and O–H groups in total. The lowest BCUT2D eigenvalue weighted by Crippen LogP contribution is -2.49. The third kappa shape index (κ3) is 8.39. The Bertz CT molecular complexity index is 569. The van der Waals surface area contributed by atoms with E-state index in [0.29, 0.717) is 0 Å². The van der Waals surface area contributed by atoms with Crippen LogP contribution in [0.15, 0.2) is 12.2 Å². The summed E-state index contributed by atoms with van der Waals surface area (Å²) >= 11 is 0. The standard InChI is InChI=1S/C8H18FO12P3/c1-3-4-7(10)8(5-9,18-2)6-19-23(14,15)21-24(16,17)20-22(11,12)13/h3-4,7,10H,5-6H2,1-2H3,(H,14,15)(H,16,17)(H2,11,12,13)/b4-3+/t7-,8+/m0/s1. The van der Waals surface area contributed by atoms with Crippen molar-refractivity contribution in [3.63, 3.8) is 0 Å². The summed E-state index contributed by atoms with van der Waals surface area (Å²) in [5.41, 5.74) is -2.14. The van der Waals surface area contributed by atoms with E-state index in [1.165, 1.54) is 13.0 Å². The largest absolute Gasteiger partial charge is 0.490 e. The highest BCUT2D eigenvalue weighted by Gasteiger charge is 2.44. The van der Waals surface area contributed by atoms with Crippen LogP contribution in [-0.2, 0) is 31.6 Å². The van der Waals surface area contributed by atoms with Gasteiger partial charge in [0.05, 0.1) is 6.61 Å². The summed E-state index contributed by atoms with van der Waals surface area (Å²) in [6, 6.07) is 0. The predicted molar refractivity (Wildman–Crippen MR) is 76.4 cm³/mol. The maximum atomic E-state index is 13.2. The first-order valence-corrected chi connectivity index (χ1v) is 10.4. The number of ether oxygens (including phenoxy) is 1. The van der Waals surface area contributed by atoms with Gasteiger partial charge in [0.1, 0.15) is 18.4 Å². The van der Waals surface area contributed by atoms with Gasteiger partial charge in [0.15, 0.2) is 0 Å². The van der Waals surface area contributed by atoms with Crippen molar-refractivity contribution in [1.29, 1.82) is 0 Å². The van der Waals surface area contributed by atoms with E-state index in [9.17, 15) is 28.1 Å². The molecule has 2 unspecified atom stereocenters. The molecule has 16 heteroatoms. The maximum Gasteiger partial charge on any atom is 0.490 e. The fourth-order valence-corrected chi connectivity index (χ4v) is 4.37. The van der Waals surface area contributed by atoms with Gasteiger partial charge in [-0.15, -0.1) is 0 Å². The molecular formula is C8H18FO12P3. The topological polar surface area (TPSA) is 189 Å². The number of phosphoric acid groups is 3. The lowest BCUT2D eigenvalue weighted by atomic mass is 9.99. The third-order valence-electron chi connectivity index (χ3n) is 2.43. The van der Waals surface area contributed by atoms with Crippen LogP contribution in [-0.4, -0.2) is 56.8 Å². The minimum atomic E-state index is -5.68. The smallest absolute Gasteiger partial charge is 0.386 e. The molecule has 0 aromatic rings. The molecule has 0 aliphatic heterocycles. The molecular weight excluding hydrogens is 400 g/mol. The first kappa shape index (κ1) is 24.0. The van der Waals surface area contributed by atoms with Gasteiger partial charge in [-0.1, -0.05) is 12.2 Å². The molecule has 24 heavy (non-hydrogen) atoms. The molecule has 0 saturated carbocycles. The number of methoxy groups -OCH3 is 1.